The molecule has 0 aliphatic carbocycles. The zero-order chi connectivity index (χ0) is 10.4. The Bertz CT molecular complexity index is 200. The third-order valence-electron chi connectivity index (χ3n) is 3.11. The third kappa shape index (κ3) is 2.70. The van der Waals surface area contributed by atoms with Crippen LogP contribution in [0.1, 0.15) is 39.5 Å². The molecule has 1 saturated heterocycles. The standard InChI is InChI=1S/C11H20N2O/c1-3-11(4-2,9-12)13-8-10-6-5-7-14-10/h10,13H,3-8H2,1-2H3. The molecule has 3 heteroatoms. The monoisotopic (exact) mass is 196 g/mol. The summed E-state index contributed by atoms with van der Waals surface area (Å²) in [5, 5.41) is 12.4. The molecular weight excluding hydrogens is 176 g/mol. The first-order chi connectivity index (χ1) is 6.76. The highest BCUT2D eigenvalue weighted by atomic mass is 16.5. The van der Waals surface area contributed by atoms with E-state index in [9.17, 15) is 0 Å². The quantitative estimate of drug-likeness (QED) is 0.729. The van der Waals surface area contributed by atoms with Gasteiger partial charge in [0.15, 0.2) is 0 Å². The van der Waals surface area contributed by atoms with E-state index in [4.69, 9.17) is 10.00 Å². The van der Waals surface area contributed by atoms with Crippen molar-refractivity contribution in [2.75, 3.05) is 13.2 Å². The maximum Gasteiger partial charge on any atom is 0.106 e. The summed E-state index contributed by atoms with van der Waals surface area (Å²) in [5.74, 6) is 0. The Morgan fingerprint density at radius 1 is 1.50 bits per heavy atom. The molecule has 1 aliphatic heterocycles. The number of ether oxygens (including phenoxy) is 1. The average molecular weight is 196 g/mol. The van der Waals surface area contributed by atoms with Crippen LogP contribution in [0.5, 0.6) is 0 Å². The Morgan fingerprint density at radius 3 is 2.64 bits per heavy atom. The van der Waals surface area contributed by atoms with Crippen LogP contribution < -0.4 is 5.32 Å². The maximum absolute atomic E-state index is 9.10. The molecule has 3 nitrogen and oxygen atoms in total. The van der Waals surface area contributed by atoms with Gasteiger partial charge in [0.05, 0.1) is 12.2 Å². The van der Waals surface area contributed by atoms with E-state index < -0.39 is 0 Å². The third-order valence-corrected chi connectivity index (χ3v) is 3.11. The van der Waals surface area contributed by atoms with Crippen LogP contribution in [-0.4, -0.2) is 24.8 Å². The van der Waals surface area contributed by atoms with E-state index in [1.54, 1.807) is 0 Å². The fourth-order valence-corrected chi connectivity index (χ4v) is 1.81. The van der Waals surface area contributed by atoms with E-state index in [0.29, 0.717) is 6.10 Å². The molecule has 14 heavy (non-hydrogen) atoms. The van der Waals surface area contributed by atoms with Crippen molar-refractivity contribution in [2.24, 2.45) is 0 Å². The molecule has 0 aromatic heterocycles. The topological polar surface area (TPSA) is 45.0 Å². The van der Waals surface area contributed by atoms with Crippen molar-refractivity contribution in [3.8, 4) is 6.07 Å². The fraction of sp³-hybridized carbons (Fsp3) is 0.909. The Balaban J connectivity index is 2.36. The van der Waals surface area contributed by atoms with Gasteiger partial charge in [-0.25, -0.2) is 0 Å². The lowest BCUT2D eigenvalue weighted by Crippen LogP contribution is -2.46. The summed E-state index contributed by atoms with van der Waals surface area (Å²) < 4.78 is 5.51. The van der Waals surface area contributed by atoms with Crippen molar-refractivity contribution >= 4 is 0 Å². The number of hydrogen-bond donors (Lipinski definition) is 1. The number of hydrogen-bond acceptors (Lipinski definition) is 3. The van der Waals surface area contributed by atoms with Crippen LogP contribution in [0.2, 0.25) is 0 Å². The largest absolute Gasteiger partial charge is 0.377 e. The minimum Gasteiger partial charge on any atom is -0.377 e. The first-order valence-corrected chi connectivity index (χ1v) is 5.54. The minimum absolute atomic E-state index is 0.320. The molecule has 1 heterocycles. The van der Waals surface area contributed by atoms with Gasteiger partial charge in [0.2, 0.25) is 0 Å². The van der Waals surface area contributed by atoms with Crippen molar-refractivity contribution in [2.45, 2.75) is 51.2 Å². The highest BCUT2D eigenvalue weighted by Gasteiger charge is 2.27. The van der Waals surface area contributed by atoms with E-state index in [0.717, 1.165) is 38.8 Å². The number of nitrogens with one attached hydrogen (secondary N) is 1. The summed E-state index contributed by atoms with van der Waals surface area (Å²) in [5.41, 5.74) is -0.341. The summed E-state index contributed by atoms with van der Waals surface area (Å²) >= 11 is 0. The van der Waals surface area contributed by atoms with E-state index in [1.807, 2.05) is 0 Å². The Hall–Kier alpha value is -0.590. The van der Waals surface area contributed by atoms with Crippen molar-refractivity contribution in [3.63, 3.8) is 0 Å². The molecule has 1 rings (SSSR count). The molecular formula is C11H20N2O. The van der Waals surface area contributed by atoms with Gasteiger partial charge in [-0.15, -0.1) is 0 Å². The van der Waals surface area contributed by atoms with Crippen molar-refractivity contribution in [3.05, 3.63) is 0 Å². The summed E-state index contributed by atoms with van der Waals surface area (Å²) in [6.45, 7) is 5.80. The first-order valence-electron chi connectivity index (χ1n) is 5.54. The summed E-state index contributed by atoms with van der Waals surface area (Å²) in [7, 11) is 0. The van der Waals surface area contributed by atoms with Crippen LogP contribution in [-0.2, 0) is 4.74 Å². The van der Waals surface area contributed by atoms with Gasteiger partial charge in [-0.1, -0.05) is 13.8 Å². The molecule has 1 aliphatic rings. The van der Waals surface area contributed by atoms with Crippen LogP contribution in [0.15, 0.2) is 0 Å². The van der Waals surface area contributed by atoms with Gasteiger partial charge >= 0.3 is 0 Å². The van der Waals surface area contributed by atoms with E-state index in [-0.39, 0.29) is 5.54 Å². The minimum atomic E-state index is -0.341. The van der Waals surface area contributed by atoms with Crippen LogP contribution in [0.25, 0.3) is 0 Å². The lowest BCUT2D eigenvalue weighted by molar-refractivity contribution is 0.103. The van der Waals surface area contributed by atoms with Crippen LogP contribution in [0.4, 0.5) is 0 Å². The highest BCUT2D eigenvalue weighted by Crippen LogP contribution is 2.16. The Labute approximate surface area is 86.4 Å². The van der Waals surface area contributed by atoms with Crippen molar-refractivity contribution < 1.29 is 4.74 Å². The Morgan fingerprint density at radius 2 is 2.21 bits per heavy atom. The van der Waals surface area contributed by atoms with Gasteiger partial charge in [-0.2, -0.15) is 5.26 Å². The summed E-state index contributed by atoms with van der Waals surface area (Å²) in [6.07, 6.45) is 4.31. The molecule has 0 aromatic rings. The van der Waals surface area contributed by atoms with Gasteiger partial charge in [0.25, 0.3) is 0 Å². The molecule has 0 radical (unpaired) electrons. The molecule has 0 bridgehead atoms. The first kappa shape index (κ1) is 11.5. The molecule has 0 spiro atoms. The molecule has 0 aromatic carbocycles. The van der Waals surface area contributed by atoms with E-state index in [1.165, 1.54) is 0 Å². The molecule has 0 saturated carbocycles. The summed E-state index contributed by atoms with van der Waals surface area (Å²) in [6, 6.07) is 2.37. The molecule has 1 fully saturated rings. The smallest absolute Gasteiger partial charge is 0.106 e. The number of nitriles is 1. The zero-order valence-electron chi connectivity index (χ0n) is 9.18. The molecule has 1 unspecified atom stereocenters. The zero-order valence-corrected chi connectivity index (χ0v) is 9.18. The highest BCUT2D eigenvalue weighted by molar-refractivity contribution is 5.05. The lowest BCUT2D eigenvalue weighted by atomic mass is 9.94. The number of rotatable bonds is 5. The predicted molar refractivity (Wildman–Crippen MR) is 55.9 cm³/mol. The molecule has 1 N–H and O–H groups in total. The SMILES string of the molecule is CCC(C#N)(CC)NCC1CCCO1. The second kappa shape index (κ2) is 5.33. The lowest BCUT2D eigenvalue weighted by Gasteiger charge is -2.26. The average Bonchev–Trinajstić information content (AvgIpc) is 2.74. The second-order valence-corrected chi connectivity index (χ2v) is 3.92. The predicted octanol–water partition coefficient (Wildman–Crippen LogP) is 1.84. The van der Waals surface area contributed by atoms with Crippen LogP contribution in [0.3, 0.4) is 0 Å². The van der Waals surface area contributed by atoms with Crippen molar-refractivity contribution in [1.82, 2.24) is 5.32 Å². The van der Waals surface area contributed by atoms with Gasteiger partial charge in [-0.05, 0) is 25.7 Å². The fourth-order valence-electron chi connectivity index (χ4n) is 1.81. The van der Waals surface area contributed by atoms with Crippen molar-refractivity contribution in [1.29, 1.82) is 5.26 Å². The van der Waals surface area contributed by atoms with Crippen LogP contribution >= 0.6 is 0 Å². The number of nitrogens with zero attached hydrogens (tertiary/aromatic N) is 1. The van der Waals surface area contributed by atoms with Gasteiger partial charge in [-0.3, -0.25) is 5.32 Å². The molecule has 0 amide bonds. The van der Waals surface area contributed by atoms with E-state index in [2.05, 4.69) is 25.2 Å². The molecule has 80 valence electrons. The maximum atomic E-state index is 9.10. The normalized spacial score (nSPS) is 22.2. The summed E-state index contributed by atoms with van der Waals surface area (Å²) in [4.78, 5) is 0. The van der Waals surface area contributed by atoms with Gasteiger partial charge in [0, 0.05) is 13.2 Å². The van der Waals surface area contributed by atoms with E-state index >= 15 is 0 Å². The van der Waals surface area contributed by atoms with Gasteiger partial charge in [0.1, 0.15) is 5.54 Å². The second-order valence-electron chi connectivity index (χ2n) is 3.92. The van der Waals surface area contributed by atoms with Crippen LogP contribution in [0, 0.1) is 11.3 Å². The Kier molecular flexibility index (Phi) is 4.37. The molecule has 1 atom stereocenters. The van der Waals surface area contributed by atoms with Gasteiger partial charge < -0.3 is 4.74 Å².